The highest BCUT2D eigenvalue weighted by atomic mass is 16.5. The number of esters is 2. The molecule has 1 aliphatic rings. The van der Waals surface area contributed by atoms with Crippen molar-refractivity contribution in [2.24, 2.45) is 0 Å². The normalized spacial score (nSPS) is 12.6. The Labute approximate surface area is 429 Å². The fourth-order valence-electron chi connectivity index (χ4n) is 10.4. The molecular formula is C64H104O6. The van der Waals surface area contributed by atoms with Crippen LogP contribution in [-0.2, 0) is 29.9 Å². The Bertz CT molecular complexity index is 1630. The molecule has 6 nitrogen and oxygen atoms in total. The van der Waals surface area contributed by atoms with Gasteiger partial charge in [-0.1, -0.05) is 246 Å². The Kier molecular flexibility index (Phi) is 31.9. The second kappa shape index (κ2) is 36.6. The number of hydrogen-bond donors (Lipinski definition) is 0. The second-order valence-corrected chi connectivity index (χ2v) is 22.7. The molecule has 0 amide bonds. The number of benzene rings is 2. The zero-order valence-electron chi connectivity index (χ0n) is 46.2. The molecule has 0 unspecified atom stereocenters. The Morgan fingerprint density at radius 2 is 0.614 bits per heavy atom. The monoisotopic (exact) mass is 969 g/mol. The van der Waals surface area contributed by atoms with Crippen molar-refractivity contribution in [3.63, 3.8) is 0 Å². The second-order valence-electron chi connectivity index (χ2n) is 22.7. The summed E-state index contributed by atoms with van der Waals surface area (Å²) >= 11 is 0. The zero-order valence-corrected chi connectivity index (χ0v) is 46.2. The molecule has 0 radical (unpaired) electrons. The van der Waals surface area contributed by atoms with Gasteiger partial charge in [0.05, 0.1) is 13.2 Å². The van der Waals surface area contributed by atoms with E-state index in [-0.39, 0.29) is 34.3 Å². The fraction of sp³-hybridized carbons (Fsp3) is 0.750. The van der Waals surface area contributed by atoms with Crippen LogP contribution in [-0.4, -0.2) is 36.7 Å². The molecule has 0 N–H and O–H groups in total. The minimum absolute atomic E-state index is 0.127. The van der Waals surface area contributed by atoms with Gasteiger partial charge in [0.2, 0.25) is 0 Å². The first-order valence-electron chi connectivity index (χ1n) is 29.6. The largest absolute Gasteiger partial charge is 0.466 e. The van der Waals surface area contributed by atoms with Crippen molar-refractivity contribution < 1.29 is 28.7 Å². The number of ether oxygens (including phenoxy) is 2. The molecule has 0 aliphatic heterocycles. The smallest absolute Gasteiger partial charge is 0.305 e. The number of rotatable bonds is 44. The van der Waals surface area contributed by atoms with Crippen LogP contribution in [0.5, 0.6) is 0 Å². The van der Waals surface area contributed by atoms with Crippen molar-refractivity contribution in [3.8, 4) is 0 Å². The molecule has 70 heavy (non-hydrogen) atoms. The van der Waals surface area contributed by atoms with E-state index in [2.05, 4.69) is 41.5 Å². The summed E-state index contributed by atoms with van der Waals surface area (Å²) in [7, 11) is 0. The average molecular weight is 970 g/mol. The Morgan fingerprint density at radius 3 is 0.900 bits per heavy atom. The Hall–Kier alpha value is -3.28. The van der Waals surface area contributed by atoms with Crippen molar-refractivity contribution >= 4 is 23.5 Å². The molecule has 0 saturated carbocycles. The summed E-state index contributed by atoms with van der Waals surface area (Å²) in [6.07, 6.45) is 45.8. The van der Waals surface area contributed by atoms with Crippen molar-refractivity contribution in [1.82, 2.24) is 0 Å². The van der Waals surface area contributed by atoms with E-state index in [0.29, 0.717) is 61.2 Å². The summed E-state index contributed by atoms with van der Waals surface area (Å²) in [6, 6.07) is 11.3. The van der Waals surface area contributed by atoms with Gasteiger partial charge in [-0.3, -0.25) is 19.2 Å². The Balaban J connectivity index is 1.29. The van der Waals surface area contributed by atoms with Gasteiger partial charge >= 0.3 is 11.9 Å². The lowest BCUT2D eigenvalue weighted by atomic mass is 9.74. The van der Waals surface area contributed by atoms with Crippen molar-refractivity contribution in [1.29, 1.82) is 0 Å². The molecule has 396 valence electrons. The van der Waals surface area contributed by atoms with E-state index < -0.39 is 0 Å². The number of carbonyl (C=O) groups is 4. The molecule has 0 heterocycles. The third-order valence-electron chi connectivity index (χ3n) is 15.5. The molecule has 0 atom stereocenters. The number of carbonyl (C=O) groups excluding carboxylic acids is 4. The molecule has 2 aromatic carbocycles. The summed E-state index contributed by atoms with van der Waals surface area (Å²) in [5, 5.41) is 0. The average Bonchev–Trinajstić information content (AvgIpc) is 3.34. The van der Waals surface area contributed by atoms with E-state index >= 15 is 0 Å². The number of ketones is 2. The topological polar surface area (TPSA) is 86.7 Å². The van der Waals surface area contributed by atoms with Gasteiger partial charge in [0.15, 0.2) is 11.6 Å². The highest BCUT2D eigenvalue weighted by Crippen LogP contribution is 2.37. The van der Waals surface area contributed by atoms with Gasteiger partial charge in [-0.2, -0.15) is 0 Å². The number of unbranched alkanes of at least 4 members (excludes halogenated alkanes) is 30. The van der Waals surface area contributed by atoms with Gasteiger partial charge in [-0.25, -0.2) is 0 Å². The van der Waals surface area contributed by atoms with Gasteiger partial charge in [-0.15, -0.1) is 0 Å². The van der Waals surface area contributed by atoms with E-state index in [1.165, 1.54) is 180 Å². The van der Waals surface area contributed by atoms with Gasteiger partial charge in [0.1, 0.15) is 0 Å². The predicted octanol–water partition coefficient (Wildman–Crippen LogP) is 19.0. The van der Waals surface area contributed by atoms with Crippen LogP contribution < -0.4 is 0 Å². The quantitative estimate of drug-likeness (QED) is 0.0414. The first-order chi connectivity index (χ1) is 33.9. The maximum Gasteiger partial charge on any atom is 0.305 e. The number of hydrogen-bond acceptors (Lipinski definition) is 6. The maximum absolute atomic E-state index is 14.1. The van der Waals surface area contributed by atoms with Crippen LogP contribution >= 0.6 is 0 Å². The van der Waals surface area contributed by atoms with E-state index in [9.17, 15) is 19.2 Å². The minimum atomic E-state index is -0.302. The third-order valence-corrected chi connectivity index (χ3v) is 15.5. The summed E-state index contributed by atoms with van der Waals surface area (Å²) in [5.74, 6) is -0.536. The predicted molar refractivity (Wildman–Crippen MR) is 295 cm³/mol. The van der Waals surface area contributed by atoms with Gasteiger partial charge in [0, 0.05) is 35.1 Å². The van der Waals surface area contributed by atoms with E-state index in [1.807, 2.05) is 24.3 Å². The highest BCUT2D eigenvalue weighted by Gasteiger charge is 2.33. The first-order valence-corrected chi connectivity index (χ1v) is 29.6. The first kappa shape index (κ1) is 61.0. The van der Waals surface area contributed by atoms with E-state index in [1.54, 1.807) is 12.1 Å². The third kappa shape index (κ3) is 24.9. The number of fused-ring (bicyclic) bond motifs is 2. The van der Waals surface area contributed by atoms with Crippen LogP contribution in [0, 0.1) is 0 Å². The molecule has 2 aromatic rings. The van der Waals surface area contributed by atoms with Gasteiger partial charge in [-0.05, 0) is 84.7 Å². The van der Waals surface area contributed by atoms with Crippen LogP contribution in [0.3, 0.4) is 0 Å². The van der Waals surface area contributed by atoms with Crippen molar-refractivity contribution in [2.45, 2.75) is 296 Å². The lowest BCUT2D eigenvalue weighted by Gasteiger charge is -2.29. The van der Waals surface area contributed by atoms with Crippen LogP contribution in [0.4, 0.5) is 0 Å². The molecule has 3 rings (SSSR count). The van der Waals surface area contributed by atoms with E-state index in [4.69, 9.17) is 9.47 Å². The standard InChI is InChI=1S/C64H104O6/c1-7-9-11-13-15-17-19-21-23-25-27-29-31-33-35-37-49-69-59(65)41-39-47-63(3,4)53-43-45-55-57(51-53)62(68)58-52-54(44-46-56(58)61(55)67)64(5,6)48-40-42-60(66)70-50-38-36-34-32-30-28-26-24-22-20-18-16-14-12-10-8-2/h43-46,51-52H,7-42,47-50H2,1-6H3. The zero-order chi connectivity index (χ0) is 50.7. The van der Waals surface area contributed by atoms with Gasteiger partial charge < -0.3 is 9.47 Å². The van der Waals surface area contributed by atoms with Crippen LogP contribution in [0.1, 0.15) is 329 Å². The summed E-state index contributed by atoms with van der Waals surface area (Å²) in [4.78, 5) is 53.1. The lowest BCUT2D eigenvalue weighted by molar-refractivity contribution is -0.144. The van der Waals surface area contributed by atoms with E-state index in [0.717, 1.165) is 49.7 Å². The Morgan fingerprint density at radius 1 is 0.357 bits per heavy atom. The highest BCUT2D eigenvalue weighted by molar-refractivity contribution is 6.28. The summed E-state index contributed by atoms with van der Waals surface area (Å²) in [6.45, 7) is 14.1. The molecule has 0 fully saturated rings. The van der Waals surface area contributed by atoms with Crippen LogP contribution in [0.2, 0.25) is 0 Å². The molecule has 1 aliphatic carbocycles. The minimum Gasteiger partial charge on any atom is -0.466 e. The fourth-order valence-corrected chi connectivity index (χ4v) is 10.4. The summed E-state index contributed by atoms with van der Waals surface area (Å²) < 4.78 is 11.2. The molecule has 6 heteroatoms. The molecule has 0 spiro atoms. The summed E-state index contributed by atoms with van der Waals surface area (Å²) in [5.41, 5.74) is 3.14. The lowest BCUT2D eigenvalue weighted by Crippen LogP contribution is -2.25. The molecule has 0 saturated heterocycles. The maximum atomic E-state index is 14.1. The van der Waals surface area contributed by atoms with Crippen LogP contribution in [0.25, 0.3) is 0 Å². The molecular weight excluding hydrogens is 865 g/mol. The van der Waals surface area contributed by atoms with Crippen molar-refractivity contribution in [2.75, 3.05) is 13.2 Å². The van der Waals surface area contributed by atoms with Gasteiger partial charge in [0.25, 0.3) is 0 Å². The molecule has 0 bridgehead atoms. The van der Waals surface area contributed by atoms with Crippen molar-refractivity contribution in [3.05, 3.63) is 69.8 Å². The molecule has 0 aromatic heterocycles. The SMILES string of the molecule is CCCCCCCCCCCCCCCCCCOC(=O)CCCC(C)(C)c1ccc2c(c1)C(=O)c1cc(C(C)(C)CCCC(=O)OCCCCCCCCCCCCCCCCCC)ccc1C2=O. The van der Waals surface area contributed by atoms with Crippen LogP contribution in [0.15, 0.2) is 36.4 Å².